The monoisotopic (exact) mass is 268 g/mol. The molecule has 1 aliphatic heterocycles. The molecule has 0 bridgehead atoms. The summed E-state index contributed by atoms with van der Waals surface area (Å²) in [6, 6.07) is 0.602. The van der Waals surface area contributed by atoms with Gasteiger partial charge < -0.3 is 15.0 Å². The molecular weight excluding hydrogens is 236 g/mol. The lowest BCUT2D eigenvalue weighted by molar-refractivity contribution is 0.0291. The number of nitrogens with one attached hydrogen (secondary N) is 1. The van der Waals surface area contributed by atoms with Crippen molar-refractivity contribution in [2.45, 2.75) is 63.5 Å². The maximum absolute atomic E-state index is 5.68. The van der Waals surface area contributed by atoms with Crippen LogP contribution < -0.4 is 5.32 Å². The van der Waals surface area contributed by atoms with Crippen LogP contribution in [0.15, 0.2) is 0 Å². The van der Waals surface area contributed by atoms with Crippen molar-refractivity contribution in [3.05, 3.63) is 0 Å². The first-order chi connectivity index (χ1) is 9.20. The Morgan fingerprint density at radius 2 is 2.00 bits per heavy atom. The molecule has 0 spiro atoms. The Labute approximate surface area is 119 Å². The fourth-order valence-corrected chi connectivity index (χ4v) is 4.11. The predicted octanol–water partition coefficient (Wildman–Crippen LogP) is 2.66. The number of hydrogen-bond acceptors (Lipinski definition) is 3. The van der Waals surface area contributed by atoms with Crippen molar-refractivity contribution in [2.75, 3.05) is 33.9 Å². The predicted molar refractivity (Wildman–Crippen MR) is 80.5 cm³/mol. The molecule has 1 aliphatic carbocycles. The molecule has 2 rings (SSSR count). The highest BCUT2D eigenvalue weighted by Crippen LogP contribution is 2.39. The molecule has 0 aromatic rings. The van der Waals surface area contributed by atoms with Crippen LogP contribution in [0, 0.1) is 5.92 Å². The SMILES string of the molecule is CCCNC(C1CCOC1)C1(N(C)C)CCCCC1. The Hall–Kier alpha value is -0.120. The molecule has 1 heterocycles. The Bertz CT molecular complexity index is 255. The largest absolute Gasteiger partial charge is 0.381 e. The molecule has 0 aromatic heterocycles. The van der Waals surface area contributed by atoms with Gasteiger partial charge in [-0.3, -0.25) is 0 Å². The van der Waals surface area contributed by atoms with Crippen LogP contribution in [0.4, 0.5) is 0 Å². The number of rotatable bonds is 6. The van der Waals surface area contributed by atoms with Crippen LogP contribution in [0.1, 0.15) is 51.9 Å². The zero-order valence-electron chi connectivity index (χ0n) is 13.1. The van der Waals surface area contributed by atoms with E-state index in [-0.39, 0.29) is 0 Å². The summed E-state index contributed by atoms with van der Waals surface area (Å²) in [5.41, 5.74) is 0.353. The van der Waals surface area contributed by atoms with Gasteiger partial charge in [-0.1, -0.05) is 26.2 Å². The smallest absolute Gasteiger partial charge is 0.0510 e. The van der Waals surface area contributed by atoms with Gasteiger partial charge in [0.05, 0.1) is 6.61 Å². The van der Waals surface area contributed by atoms with Gasteiger partial charge in [0, 0.05) is 24.1 Å². The normalized spacial score (nSPS) is 28.7. The fourth-order valence-electron chi connectivity index (χ4n) is 4.11. The van der Waals surface area contributed by atoms with Gasteiger partial charge in [0.1, 0.15) is 0 Å². The molecular formula is C16H32N2O. The van der Waals surface area contributed by atoms with E-state index in [0.717, 1.165) is 19.8 Å². The van der Waals surface area contributed by atoms with Gasteiger partial charge in [0.2, 0.25) is 0 Å². The van der Waals surface area contributed by atoms with Crippen molar-refractivity contribution >= 4 is 0 Å². The van der Waals surface area contributed by atoms with Crippen molar-refractivity contribution in [1.29, 1.82) is 0 Å². The van der Waals surface area contributed by atoms with Crippen LogP contribution >= 0.6 is 0 Å². The third-order valence-electron chi connectivity index (χ3n) is 5.24. The van der Waals surface area contributed by atoms with E-state index in [4.69, 9.17) is 4.74 Å². The van der Waals surface area contributed by atoms with E-state index in [2.05, 4.69) is 31.2 Å². The third-order valence-corrected chi connectivity index (χ3v) is 5.24. The molecule has 112 valence electrons. The molecule has 3 heteroatoms. The van der Waals surface area contributed by atoms with E-state index in [1.807, 2.05) is 0 Å². The van der Waals surface area contributed by atoms with E-state index in [0.29, 0.717) is 17.5 Å². The van der Waals surface area contributed by atoms with E-state index >= 15 is 0 Å². The number of likely N-dealkylation sites (N-methyl/N-ethyl adjacent to an activating group) is 1. The van der Waals surface area contributed by atoms with Crippen molar-refractivity contribution in [3.8, 4) is 0 Å². The summed E-state index contributed by atoms with van der Waals surface area (Å²) in [5, 5.41) is 3.88. The van der Waals surface area contributed by atoms with Crippen LogP contribution in [-0.2, 0) is 4.74 Å². The molecule has 1 saturated heterocycles. The Morgan fingerprint density at radius 3 is 2.53 bits per heavy atom. The molecule has 19 heavy (non-hydrogen) atoms. The average Bonchev–Trinajstić information content (AvgIpc) is 2.94. The summed E-state index contributed by atoms with van der Waals surface area (Å²) < 4.78 is 5.68. The molecule has 0 radical (unpaired) electrons. The molecule has 2 unspecified atom stereocenters. The zero-order valence-corrected chi connectivity index (χ0v) is 13.1. The van der Waals surface area contributed by atoms with Crippen LogP contribution in [-0.4, -0.2) is 50.3 Å². The molecule has 0 aromatic carbocycles. The van der Waals surface area contributed by atoms with E-state index in [9.17, 15) is 0 Å². The van der Waals surface area contributed by atoms with E-state index in [1.54, 1.807) is 0 Å². The molecule has 0 amide bonds. The Morgan fingerprint density at radius 1 is 1.26 bits per heavy atom. The molecule has 1 N–H and O–H groups in total. The standard InChI is InChI=1S/C16H32N2O/c1-4-11-17-15(14-8-12-19-13-14)16(18(2)3)9-6-5-7-10-16/h14-15,17H,4-13H2,1-3H3. The minimum Gasteiger partial charge on any atom is -0.381 e. The quantitative estimate of drug-likeness (QED) is 0.801. The van der Waals surface area contributed by atoms with Gasteiger partial charge >= 0.3 is 0 Å². The second-order valence-electron chi connectivity index (χ2n) is 6.61. The highest BCUT2D eigenvalue weighted by Gasteiger charge is 2.45. The highest BCUT2D eigenvalue weighted by molar-refractivity contribution is 5.03. The highest BCUT2D eigenvalue weighted by atomic mass is 16.5. The van der Waals surface area contributed by atoms with E-state index < -0.39 is 0 Å². The summed E-state index contributed by atoms with van der Waals surface area (Å²) in [6.45, 7) is 5.31. The fraction of sp³-hybridized carbons (Fsp3) is 1.00. The van der Waals surface area contributed by atoms with Crippen molar-refractivity contribution in [1.82, 2.24) is 10.2 Å². The summed E-state index contributed by atoms with van der Waals surface area (Å²) in [7, 11) is 4.56. The van der Waals surface area contributed by atoms with Crippen molar-refractivity contribution in [3.63, 3.8) is 0 Å². The van der Waals surface area contributed by atoms with Gasteiger partial charge in [-0.2, -0.15) is 0 Å². The van der Waals surface area contributed by atoms with Crippen LogP contribution in [0.3, 0.4) is 0 Å². The van der Waals surface area contributed by atoms with Gasteiger partial charge in [0.15, 0.2) is 0 Å². The third kappa shape index (κ3) is 3.32. The second-order valence-corrected chi connectivity index (χ2v) is 6.61. The molecule has 2 aliphatic rings. The van der Waals surface area contributed by atoms with Crippen molar-refractivity contribution in [2.24, 2.45) is 5.92 Å². The van der Waals surface area contributed by atoms with Gasteiger partial charge in [-0.05, 0) is 46.3 Å². The lowest BCUT2D eigenvalue weighted by atomic mass is 9.71. The molecule has 2 atom stereocenters. The summed E-state index contributed by atoms with van der Waals surface area (Å²) in [6.07, 6.45) is 9.32. The Kier molecular flexibility index (Phi) is 5.67. The van der Waals surface area contributed by atoms with Crippen molar-refractivity contribution < 1.29 is 4.74 Å². The topological polar surface area (TPSA) is 24.5 Å². The Balaban J connectivity index is 2.16. The first-order valence-electron chi connectivity index (χ1n) is 8.19. The van der Waals surface area contributed by atoms with Gasteiger partial charge in [0.25, 0.3) is 0 Å². The van der Waals surface area contributed by atoms with Crippen LogP contribution in [0.25, 0.3) is 0 Å². The van der Waals surface area contributed by atoms with E-state index in [1.165, 1.54) is 44.9 Å². The average molecular weight is 268 g/mol. The van der Waals surface area contributed by atoms with Crippen LogP contribution in [0.2, 0.25) is 0 Å². The minimum absolute atomic E-state index is 0.353. The second kappa shape index (κ2) is 7.05. The zero-order chi connectivity index (χ0) is 13.7. The summed E-state index contributed by atoms with van der Waals surface area (Å²) in [5.74, 6) is 0.701. The van der Waals surface area contributed by atoms with Crippen LogP contribution in [0.5, 0.6) is 0 Å². The summed E-state index contributed by atoms with van der Waals surface area (Å²) >= 11 is 0. The van der Waals surface area contributed by atoms with Gasteiger partial charge in [-0.25, -0.2) is 0 Å². The number of hydrogen-bond donors (Lipinski definition) is 1. The first kappa shape index (κ1) is 15.3. The number of ether oxygens (including phenoxy) is 1. The lowest BCUT2D eigenvalue weighted by Crippen LogP contribution is -2.63. The molecule has 3 nitrogen and oxygen atoms in total. The number of nitrogens with zero attached hydrogens (tertiary/aromatic N) is 1. The summed E-state index contributed by atoms with van der Waals surface area (Å²) in [4.78, 5) is 2.51. The molecule has 1 saturated carbocycles. The first-order valence-corrected chi connectivity index (χ1v) is 8.19. The maximum atomic E-state index is 5.68. The minimum atomic E-state index is 0.353. The molecule has 2 fully saturated rings. The maximum Gasteiger partial charge on any atom is 0.0510 e. The van der Waals surface area contributed by atoms with Gasteiger partial charge in [-0.15, -0.1) is 0 Å². The lowest BCUT2D eigenvalue weighted by Gasteiger charge is -2.50.